The van der Waals surface area contributed by atoms with E-state index >= 15 is 0 Å². The number of aromatic nitrogens is 1. The van der Waals surface area contributed by atoms with E-state index < -0.39 is 6.04 Å². The molecule has 1 aliphatic rings. The zero-order chi connectivity index (χ0) is 14.5. The molecular weight excluding hydrogens is 256 g/mol. The van der Waals surface area contributed by atoms with E-state index in [4.69, 9.17) is 4.74 Å². The van der Waals surface area contributed by atoms with Crippen molar-refractivity contribution in [2.24, 2.45) is 5.92 Å². The molecular formula is C15H22N2O3. The van der Waals surface area contributed by atoms with Gasteiger partial charge in [0.05, 0.1) is 13.2 Å². The molecule has 1 fully saturated rings. The van der Waals surface area contributed by atoms with Gasteiger partial charge in [0, 0.05) is 18.9 Å². The predicted octanol–water partition coefficient (Wildman–Crippen LogP) is 1.39. The Morgan fingerprint density at radius 1 is 1.60 bits per heavy atom. The van der Waals surface area contributed by atoms with Crippen molar-refractivity contribution in [1.29, 1.82) is 0 Å². The summed E-state index contributed by atoms with van der Waals surface area (Å²) in [6.07, 6.45) is 5.00. The number of rotatable bonds is 4. The highest BCUT2D eigenvalue weighted by molar-refractivity contribution is 5.77. The van der Waals surface area contributed by atoms with Crippen LogP contribution in [-0.2, 0) is 9.53 Å². The zero-order valence-electron chi connectivity index (χ0n) is 12.0. The average molecular weight is 278 g/mol. The van der Waals surface area contributed by atoms with Crippen LogP contribution in [0.2, 0.25) is 0 Å². The van der Waals surface area contributed by atoms with E-state index in [1.807, 2.05) is 19.1 Å². The fourth-order valence-electron chi connectivity index (χ4n) is 2.81. The third-order valence-corrected chi connectivity index (χ3v) is 3.96. The predicted molar refractivity (Wildman–Crippen MR) is 75.0 cm³/mol. The molecule has 0 aromatic carbocycles. The Morgan fingerprint density at radius 3 is 3.00 bits per heavy atom. The first-order valence-electron chi connectivity index (χ1n) is 7.03. The third kappa shape index (κ3) is 3.35. The summed E-state index contributed by atoms with van der Waals surface area (Å²) in [6.45, 7) is 3.34. The van der Waals surface area contributed by atoms with Crippen LogP contribution in [0.1, 0.15) is 31.4 Å². The molecule has 0 saturated carbocycles. The van der Waals surface area contributed by atoms with Crippen LogP contribution in [-0.4, -0.2) is 47.3 Å². The van der Waals surface area contributed by atoms with Gasteiger partial charge in [0.1, 0.15) is 6.04 Å². The molecule has 0 aliphatic carbocycles. The average Bonchev–Trinajstić information content (AvgIpc) is 2.48. The van der Waals surface area contributed by atoms with Crippen molar-refractivity contribution in [1.82, 2.24) is 9.88 Å². The van der Waals surface area contributed by atoms with Crippen LogP contribution in [0.25, 0.3) is 0 Å². The van der Waals surface area contributed by atoms with Crippen LogP contribution in [0.3, 0.4) is 0 Å². The number of esters is 1. The second-order valence-electron chi connectivity index (χ2n) is 5.35. The minimum absolute atomic E-state index is 0.201. The molecule has 0 bridgehead atoms. The van der Waals surface area contributed by atoms with E-state index in [9.17, 15) is 9.90 Å². The Hall–Kier alpha value is -1.46. The van der Waals surface area contributed by atoms with Crippen LogP contribution in [0.15, 0.2) is 24.5 Å². The highest BCUT2D eigenvalue weighted by atomic mass is 16.5. The van der Waals surface area contributed by atoms with Crippen molar-refractivity contribution in [3.05, 3.63) is 30.1 Å². The minimum atomic E-state index is -0.435. The maximum absolute atomic E-state index is 12.1. The van der Waals surface area contributed by atoms with Gasteiger partial charge in [-0.2, -0.15) is 0 Å². The van der Waals surface area contributed by atoms with E-state index in [1.54, 1.807) is 12.4 Å². The van der Waals surface area contributed by atoms with Crippen molar-refractivity contribution in [2.45, 2.75) is 31.9 Å². The maximum atomic E-state index is 12.1. The zero-order valence-corrected chi connectivity index (χ0v) is 12.0. The number of methoxy groups -OCH3 is 1. The van der Waals surface area contributed by atoms with Crippen molar-refractivity contribution in [3.63, 3.8) is 0 Å². The number of hydrogen-bond acceptors (Lipinski definition) is 5. The molecule has 1 N–H and O–H groups in total. The van der Waals surface area contributed by atoms with Gasteiger partial charge in [-0.3, -0.25) is 9.88 Å². The summed E-state index contributed by atoms with van der Waals surface area (Å²) >= 11 is 0. The Bertz CT molecular complexity index is 436. The molecule has 0 spiro atoms. The summed E-state index contributed by atoms with van der Waals surface area (Å²) in [5.41, 5.74) is 0.839. The molecule has 20 heavy (non-hydrogen) atoms. The largest absolute Gasteiger partial charge is 0.468 e. The molecule has 110 valence electrons. The van der Waals surface area contributed by atoms with Gasteiger partial charge in [-0.1, -0.05) is 6.07 Å². The van der Waals surface area contributed by atoms with Crippen molar-refractivity contribution >= 4 is 5.97 Å². The lowest BCUT2D eigenvalue weighted by Gasteiger charge is -2.38. The van der Waals surface area contributed by atoms with Crippen LogP contribution in [0.4, 0.5) is 0 Å². The second kappa shape index (κ2) is 6.81. The number of carbonyl (C=O) groups excluding carboxylic acids is 1. The van der Waals surface area contributed by atoms with E-state index in [0.29, 0.717) is 6.54 Å². The fraction of sp³-hybridized carbons (Fsp3) is 0.600. The summed E-state index contributed by atoms with van der Waals surface area (Å²) in [7, 11) is 1.40. The Kier molecular flexibility index (Phi) is 5.09. The van der Waals surface area contributed by atoms with Gasteiger partial charge in [0.25, 0.3) is 0 Å². The van der Waals surface area contributed by atoms with Gasteiger partial charge in [-0.15, -0.1) is 0 Å². The van der Waals surface area contributed by atoms with E-state index in [1.165, 1.54) is 7.11 Å². The molecule has 2 heterocycles. The number of ether oxygens (including phenoxy) is 1. The first kappa shape index (κ1) is 14.9. The Labute approximate surface area is 119 Å². The molecule has 1 saturated heterocycles. The van der Waals surface area contributed by atoms with Crippen molar-refractivity contribution in [2.75, 3.05) is 20.2 Å². The lowest BCUT2D eigenvalue weighted by molar-refractivity contribution is -0.148. The van der Waals surface area contributed by atoms with Gasteiger partial charge in [0.2, 0.25) is 0 Å². The summed E-state index contributed by atoms with van der Waals surface area (Å²) in [5.74, 6) is -0.0724. The molecule has 0 amide bonds. The number of piperidine rings is 1. The molecule has 5 heteroatoms. The first-order valence-corrected chi connectivity index (χ1v) is 7.03. The van der Waals surface area contributed by atoms with Gasteiger partial charge in [-0.25, -0.2) is 4.79 Å². The van der Waals surface area contributed by atoms with Gasteiger partial charge in [0.15, 0.2) is 0 Å². The van der Waals surface area contributed by atoms with E-state index in [-0.39, 0.29) is 18.0 Å². The molecule has 1 aromatic rings. The van der Waals surface area contributed by atoms with Crippen LogP contribution in [0.5, 0.6) is 0 Å². The summed E-state index contributed by atoms with van der Waals surface area (Å²) in [4.78, 5) is 18.3. The number of nitrogens with zero attached hydrogens (tertiary/aromatic N) is 2. The van der Waals surface area contributed by atoms with Crippen LogP contribution < -0.4 is 0 Å². The number of carbonyl (C=O) groups is 1. The molecule has 3 unspecified atom stereocenters. The summed E-state index contributed by atoms with van der Waals surface area (Å²) in [6, 6.07) is 3.28. The van der Waals surface area contributed by atoms with Gasteiger partial charge in [-0.05, 0) is 43.9 Å². The molecule has 5 nitrogen and oxygen atoms in total. The normalized spacial score (nSPS) is 23.1. The smallest absolute Gasteiger partial charge is 0.327 e. The quantitative estimate of drug-likeness (QED) is 0.843. The van der Waals surface area contributed by atoms with Gasteiger partial charge < -0.3 is 9.84 Å². The SMILES string of the molecule is COC(=O)C(c1cccnc1)N1CCCC(C(C)O)C1. The summed E-state index contributed by atoms with van der Waals surface area (Å²) in [5, 5.41) is 9.79. The molecule has 2 rings (SSSR count). The summed E-state index contributed by atoms with van der Waals surface area (Å²) < 4.78 is 4.94. The number of pyridine rings is 1. The first-order chi connectivity index (χ1) is 9.63. The van der Waals surface area contributed by atoms with Gasteiger partial charge >= 0.3 is 5.97 Å². The fourth-order valence-corrected chi connectivity index (χ4v) is 2.81. The van der Waals surface area contributed by atoms with Crippen molar-refractivity contribution < 1.29 is 14.6 Å². The Morgan fingerprint density at radius 2 is 2.40 bits per heavy atom. The highest BCUT2D eigenvalue weighted by Crippen LogP contribution is 2.28. The molecule has 0 radical (unpaired) electrons. The number of hydrogen-bond donors (Lipinski definition) is 1. The Balaban J connectivity index is 2.21. The van der Waals surface area contributed by atoms with Crippen LogP contribution >= 0.6 is 0 Å². The lowest BCUT2D eigenvalue weighted by Crippen LogP contribution is -2.44. The molecule has 1 aliphatic heterocycles. The lowest BCUT2D eigenvalue weighted by atomic mass is 9.91. The number of likely N-dealkylation sites (tertiary alicyclic amines) is 1. The van der Waals surface area contributed by atoms with Crippen molar-refractivity contribution in [3.8, 4) is 0 Å². The minimum Gasteiger partial charge on any atom is -0.468 e. The molecule has 1 aromatic heterocycles. The number of aliphatic hydroxyl groups excluding tert-OH is 1. The number of aliphatic hydroxyl groups is 1. The second-order valence-corrected chi connectivity index (χ2v) is 5.35. The molecule has 3 atom stereocenters. The van der Waals surface area contributed by atoms with Crippen LogP contribution in [0, 0.1) is 5.92 Å². The third-order valence-electron chi connectivity index (χ3n) is 3.96. The van der Waals surface area contributed by atoms with E-state index in [0.717, 1.165) is 24.9 Å². The maximum Gasteiger partial charge on any atom is 0.327 e. The highest BCUT2D eigenvalue weighted by Gasteiger charge is 2.33. The standard InChI is InChI=1S/C15H22N2O3/c1-11(18)13-6-4-8-17(10-13)14(15(19)20-2)12-5-3-7-16-9-12/h3,5,7,9,11,13-14,18H,4,6,8,10H2,1-2H3. The van der Waals surface area contributed by atoms with E-state index in [2.05, 4.69) is 9.88 Å². The monoisotopic (exact) mass is 278 g/mol. The topological polar surface area (TPSA) is 62.7 Å².